The minimum absolute atomic E-state index is 0.527. The van der Waals surface area contributed by atoms with Crippen LogP contribution in [0.4, 0.5) is 0 Å². The monoisotopic (exact) mass is 446 g/mol. The molecule has 5 heteroatoms. The zero-order valence-electron chi connectivity index (χ0n) is 16.9. The van der Waals surface area contributed by atoms with Gasteiger partial charge < -0.3 is 14.8 Å². The number of nitrogens with one attached hydrogen (secondary N) is 1. The van der Waals surface area contributed by atoms with Gasteiger partial charge in [0.05, 0.1) is 6.61 Å². The average Bonchev–Trinajstić information content (AvgIpc) is 3.17. The molecule has 1 fully saturated rings. The van der Waals surface area contributed by atoms with Crippen LogP contribution < -0.4 is 14.8 Å². The van der Waals surface area contributed by atoms with Crippen LogP contribution in [-0.4, -0.2) is 37.2 Å². The van der Waals surface area contributed by atoms with Crippen LogP contribution in [0.15, 0.2) is 46.9 Å². The molecule has 3 rings (SSSR count). The Bertz CT molecular complexity index is 739. The lowest BCUT2D eigenvalue weighted by molar-refractivity contribution is 0.259. The fraction of sp³-hybridized carbons (Fsp3) is 0.478. The van der Waals surface area contributed by atoms with Gasteiger partial charge in [-0.3, -0.25) is 4.90 Å². The number of hydrogen-bond acceptors (Lipinski definition) is 4. The molecule has 1 aliphatic heterocycles. The first-order valence-corrected chi connectivity index (χ1v) is 11.1. The highest BCUT2D eigenvalue weighted by Crippen LogP contribution is 2.34. The molecule has 0 aliphatic carbocycles. The van der Waals surface area contributed by atoms with Crippen molar-refractivity contribution in [3.8, 4) is 11.5 Å². The lowest BCUT2D eigenvalue weighted by Gasteiger charge is -2.23. The first-order chi connectivity index (χ1) is 13.7. The third-order valence-electron chi connectivity index (χ3n) is 5.25. The Morgan fingerprint density at radius 2 is 1.89 bits per heavy atom. The minimum Gasteiger partial charge on any atom is -0.490 e. The zero-order valence-corrected chi connectivity index (χ0v) is 18.5. The molecule has 1 atom stereocenters. The normalized spacial score (nSPS) is 17.0. The molecule has 2 aromatic rings. The van der Waals surface area contributed by atoms with Crippen LogP contribution in [0.5, 0.6) is 11.5 Å². The number of rotatable bonds is 10. The van der Waals surface area contributed by atoms with E-state index < -0.39 is 0 Å². The van der Waals surface area contributed by atoms with E-state index in [1.165, 1.54) is 24.9 Å². The summed E-state index contributed by atoms with van der Waals surface area (Å²) >= 11 is 3.71. The van der Waals surface area contributed by atoms with Gasteiger partial charge in [-0.05, 0) is 56.1 Å². The van der Waals surface area contributed by atoms with E-state index in [9.17, 15) is 0 Å². The summed E-state index contributed by atoms with van der Waals surface area (Å²) in [5.41, 5.74) is 2.33. The summed E-state index contributed by atoms with van der Waals surface area (Å²) in [5.74, 6) is 1.57. The Morgan fingerprint density at radius 1 is 1.11 bits per heavy atom. The highest BCUT2D eigenvalue weighted by atomic mass is 79.9. The Morgan fingerprint density at radius 3 is 2.64 bits per heavy atom. The second kappa shape index (κ2) is 10.8. The summed E-state index contributed by atoms with van der Waals surface area (Å²) in [6.07, 6.45) is 2.60. The average molecular weight is 447 g/mol. The van der Waals surface area contributed by atoms with E-state index in [1.54, 1.807) is 0 Å². The number of benzene rings is 2. The number of likely N-dealkylation sites (N-methyl/N-ethyl adjacent to an activating group) is 1. The molecule has 0 aromatic heterocycles. The third kappa shape index (κ3) is 5.72. The second-order valence-electron chi connectivity index (χ2n) is 7.15. The van der Waals surface area contributed by atoms with Gasteiger partial charge in [0.15, 0.2) is 11.5 Å². The SMILES string of the molecule is CCOc1cc(CNCC2CCCN2CC)c(Br)cc1OCc1ccccc1. The second-order valence-corrected chi connectivity index (χ2v) is 8.01. The number of nitrogens with zero attached hydrogens (tertiary/aromatic N) is 1. The Hall–Kier alpha value is -1.56. The number of halogens is 1. The first-order valence-electron chi connectivity index (χ1n) is 10.3. The molecule has 0 saturated carbocycles. The smallest absolute Gasteiger partial charge is 0.162 e. The molecule has 0 spiro atoms. The van der Waals surface area contributed by atoms with Crippen molar-refractivity contribution in [1.82, 2.24) is 10.2 Å². The van der Waals surface area contributed by atoms with Gasteiger partial charge in [-0.15, -0.1) is 0 Å². The fourth-order valence-electron chi connectivity index (χ4n) is 3.75. The van der Waals surface area contributed by atoms with Crippen molar-refractivity contribution in [1.29, 1.82) is 0 Å². The van der Waals surface area contributed by atoms with Gasteiger partial charge in [0.1, 0.15) is 6.61 Å². The lowest BCUT2D eigenvalue weighted by atomic mass is 10.1. The van der Waals surface area contributed by atoms with Gasteiger partial charge in [0.2, 0.25) is 0 Å². The lowest BCUT2D eigenvalue weighted by Crippen LogP contribution is -2.37. The minimum atomic E-state index is 0.527. The zero-order chi connectivity index (χ0) is 19.8. The molecule has 4 nitrogen and oxygen atoms in total. The maximum absolute atomic E-state index is 6.04. The Labute approximate surface area is 177 Å². The predicted octanol–water partition coefficient (Wildman–Crippen LogP) is 5.00. The highest BCUT2D eigenvalue weighted by Gasteiger charge is 2.22. The summed E-state index contributed by atoms with van der Waals surface area (Å²) in [6.45, 7) is 9.59. The van der Waals surface area contributed by atoms with Crippen LogP contribution in [0.1, 0.15) is 37.8 Å². The van der Waals surface area contributed by atoms with E-state index in [0.29, 0.717) is 19.3 Å². The van der Waals surface area contributed by atoms with Crippen molar-refractivity contribution in [2.24, 2.45) is 0 Å². The Balaban J connectivity index is 1.62. The van der Waals surface area contributed by atoms with E-state index in [4.69, 9.17) is 9.47 Å². The van der Waals surface area contributed by atoms with Crippen molar-refractivity contribution < 1.29 is 9.47 Å². The highest BCUT2D eigenvalue weighted by molar-refractivity contribution is 9.10. The van der Waals surface area contributed by atoms with Crippen molar-refractivity contribution in [2.75, 3.05) is 26.2 Å². The topological polar surface area (TPSA) is 33.7 Å². The molecule has 1 saturated heterocycles. The maximum atomic E-state index is 6.04. The van der Waals surface area contributed by atoms with Crippen LogP contribution in [0.2, 0.25) is 0 Å². The summed E-state index contributed by atoms with van der Waals surface area (Å²) < 4.78 is 12.9. The Kier molecular flexibility index (Phi) is 8.19. The summed E-state index contributed by atoms with van der Waals surface area (Å²) in [7, 11) is 0. The van der Waals surface area contributed by atoms with Crippen molar-refractivity contribution >= 4 is 15.9 Å². The van der Waals surface area contributed by atoms with E-state index >= 15 is 0 Å². The molecule has 0 radical (unpaired) electrons. The predicted molar refractivity (Wildman–Crippen MR) is 118 cm³/mol. The van der Waals surface area contributed by atoms with E-state index in [1.807, 2.05) is 31.2 Å². The molecule has 28 heavy (non-hydrogen) atoms. The molecule has 0 amide bonds. The van der Waals surface area contributed by atoms with Crippen LogP contribution in [0.3, 0.4) is 0 Å². The van der Waals surface area contributed by atoms with Gasteiger partial charge in [-0.1, -0.05) is 53.2 Å². The number of hydrogen-bond donors (Lipinski definition) is 1. The van der Waals surface area contributed by atoms with Crippen LogP contribution in [0.25, 0.3) is 0 Å². The molecule has 1 aliphatic rings. The van der Waals surface area contributed by atoms with Gasteiger partial charge in [-0.2, -0.15) is 0 Å². The molecular weight excluding hydrogens is 416 g/mol. The molecule has 0 bridgehead atoms. The van der Waals surface area contributed by atoms with Gasteiger partial charge in [0.25, 0.3) is 0 Å². The van der Waals surface area contributed by atoms with E-state index in [2.05, 4.69) is 51.3 Å². The molecule has 2 aromatic carbocycles. The molecule has 1 heterocycles. The maximum Gasteiger partial charge on any atom is 0.162 e. The third-order valence-corrected chi connectivity index (χ3v) is 5.99. The first kappa shape index (κ1) is 21.2. The van der Waals surface area contributed by atoms with Crippen molar-refractivity contribution in [3.05, 3.63) is 58.1 Å². The molecule has 152 valence electrons. The van der Waals surface area contributed by atoms with Crippen LogP contribution in [-0.2, 0) is 13.2 Å². The molecular formula is C23H31BrN2O2. The summed E-state index contributed by atoms with van der Waals surface area (Å²) in [5, 5.41) is 3.63. The van der Waals surface area contributed by atoms with Crippen molar-refractivity contribution in [2.45, 2.75) is 45.9 Å². The van der Waals surface area contributed by atoms with Crippen LogP contribution >= 0.6 is 15.9 Å². The van der Waals surface area contributed by atoms with E-state index in [0.717, 1.165) is 41.2 Å². The van der Waals surface area contributed by atoms with Gasteiger partial charge >= 0.3 is 0 Å². The fourth-order valence-corrected chi connectivity index (χ4v) is 4.21. The summed E-state index contributed by atoms with van der Waals surface area (Å²) in [6, 6.07) is 15.0. The number of ether oxygens (including phenoxy) is 2. The largest absolute Gasteiger partial charge is 0.490 e. The van der Waals surface area contributed by atoms with Gasteiger partial charge in [0, 0.05) is 23.6 Å². The summed E-state index contributed by atoms with van der Waals surface area (Å²) in [4.78, 5) is 2.56. The van der Waals surface area contributed by atoms with Crippen molar-refractivity contribution in [3.63, 3.8) is 0 Å². The quantitative estimate of drug-likeness (QED) is 0.556. The molecule has 1 N–H and O–H groups in total. The number of likely N-dealkylation sites (tertiary alicyclic amines) is 1. The standard InChI is InChI=1S/C23H31BrN2O2/c1-3-26-12-8-11-20(26)16-25-15-19-13-22(27-4-2)23(14-21(19)24)28-17-18-9-6-5-7-10-18/h5-7,9-10,13-14,20,25H,3-4,8,11-12,15-17H2,1-2H3. The van der Waals surface area contributed by atoms with Gasteiger partial charge in [-0.25, -0.2) is 0 Å². The van der Waals surface area contributed by atoms with Crippen LogP contribution in [0, 0.1) is 0 Å². The van der Waals surface area contributed by atoms with E-state index in [-0.39, 0.29) is 0 Å². The molecule has 1 unspecified atom stereocenters.